The molecule has 0 aromatic carbocycles. The molecule has 0 spiro atoms. The fourth-order valence-electron chi connectivity index (χ4n) is 2.04. The van der Waals surface area contributed by atoms with Gasteiger partial charge in [0.25, 0.3) is 0 Å². The van der Waals surface area contributed by atoms with Gasteiger partial charge in [0.05, 0.1) is 25.0 Å². The van der Waals surface area contributed by atoms with Crippen molar-refractivity contribution in [2.45, 2.75) is 32.3 Å². The van der Waals surface area contributed by atoms with Gasteiger partial charge in [0, 0.05) is 0 Å². The molecule has 8 nitrogen and oxygen atoms in total. The van der Waals surface area contributed by atoms with Gasteiger partial charge in [-0.05, 0) is 20.1 Å². The molecule has 0 amide bonds. The monoisotopic (exact) mass is 327 g/mol. The molecule has 9 heteroatoms. The van der Waals surface area contributed by atoms with E-state index in [9.17, 15) is 5.11 Å². The Hall–Kier alpha value is -1.42. The minimum Gasteiger partial charge on any atom is -0.394 e. The largest absolute Gasteiger partial charge is 0.394 e. The lowest BCUT2D eigenvalue weighted by atomic mass is 10.2. The third-order valence-electron chi connectivity index (χ3n) is 3.30. The van der Waals surface area contributed by atoms with E-state index >= 15 is 0 Å². The van der Waals surface area contributed by atoms with Crippen LogP contribution in [0, 0.1) is 0 Å². The first-order chi connectivity index (χ1) is 10.6. The number of nitrogens with two attached hydrogens (primary N) is 1. The zero-order valence-corrected chi connectivity index (χ0v) is 13.7. The highest BCUT2D eigenvalue weighted by Crippen LogP contribution is 2.21. The van der Waals surface area contributed by atoms with E-state index in [1.54, 1.807) is 22.7 Å². The quantitative estimate of drug-likeness (QED) is 0.692. The van der Waals surface area contributed by atoms with Crippen molar-refractivity contribution >= 4 is 28.7 Å². The number of aromatic nitrogens is 4. The summed E-state index contributed by atoms with van der Waals surface area (Å²) >= 11 is 1.57. The summed E-state index contributed by atoms with van der Waals surface area (Å²) < 4.78 is 13.2. The standard InChI is InChI=1S/C13H21N5O3S/c1-8(20-7-22-3)10(4-19)21-9(2)18-6-17-11-12(14)15-5-16-13(11)18/h5-6,8-10,19H,4,7H2,1-3H3,(H2,14,15,16)/t8?,9?,10-/m1/s1. The number of anilines is 1. The number of nitrogen functional groups attached to an aromatic ring is 1. The molecule has 122 valence electrons. The second-order valence-corrected chi connectivity index (χ2v) is 5.63. The van der Waals surface area contributed by atoms with Crippen LogP contribution in [-0.4, -0.2) is 55.6 Å². The Bertz CT molecular complexity index is 608. The zero-order chi connectivity index (χ0) is 16.1. The van der Waals surface area contributed by atoms with E-state index in [0.717, 1.165) is 0 Å². The van der Waals surface area contributed by atoms with E-state index in [2.05, 4.69) is 15.0 Å². The predicted octanol–water partition coefficient (Wildman–Crippen LogP) is 1.03. The van der Waals surface area contributed by atoms with Gasteiger partial charge in [0.2, 0.25) is 0 Å². The number of hydrogen-bond donors (Lipinski definition) is 2. The molecule has 2 aromatic rings. The van der Waals surface area contributed by atoms with Crippen molar-refractivity contribution in [2.24, 2.45) is 0 Å². The Balaban J connectivity index is 2.12. The predicted molar refractivity (Wildman–Crippen MR) is 85.3 cm³/mol. The van der Waals surface area contributed by atoms with Gasteiger partial charge in [-0.1, -0.05) is 0 Å². The van der Waals surface area contributed by atoms with E-state index in [0.29, 0.717) is 22.9 Å². The van der Waals surface area contributed by atoms with E-state index in [-0.39, 0.29) is 18.9 Å². The first-order valence-corrected chi connectivity index (χ1v) is 8.27. The maximum absolute atomic E-state index is 9.52. The van der Waals surface area contributed by atoms with Crippen molar-refractivity contribution < 1.29 is 14.6 Å². The highest BCUT2D eigenvalue weighted by Gasteiger charge is 2.22. The number of nitrogens with zero attached hydrogens (tertiary/aromatic N) is 4. The minimum atomic E-state index is -0.446. The molecule has 3 N–H and O–H groups in total. The molecule has 2 rings (SSSR count). The molecular formula is C13H21N5O3S. The van der Waals surface area contributed by atoms with Gasteiger partial charge in [0.1, 0.15) is 24.2 Å². The maximum atomic E-state index is 9.52. The molecule has 0 radical (unpaired) electrons. The second-order valence-electron chi connectivity index (χ2n) is 4.82. The number of hydrogen-bond acceptors (Lipinski definition) is 8. The van der Waals surface area contributed by atoms with Crippen LogP contribution >= 0.6 is 11.8 Å². The van der Waals surface area contributed by atoms with Crippen molar-refractivity contribution in [3.63, 3.8) is 0 Å². The van der Waals surface area contributed by atoms with Crippen LogP contribution in [0.2, 0.25) is 0 Å². The summed E-state index contributed by atoms with van der Waals surface area (Å²) in [5.41, 5.74) is 6.89. The first-order valence-electron chi connectivity index (χ1n) is 6.88. The molecule has 0 aliphatic rings. The van der Waals surface area contributed by atoms with E-state index in [1.165, 1.54) is 6.33 Å². The number of fused-ring (bicyclic) bond motifs is 1. The fraction of sp³-hybridized carbons (Fsp3) is 0.615. The molecule has 2 aromatic heterocycles. The van der Waals surface area contributed by atoms with Gasteiger partial charge >= 0.3 is 0 Å². The second kappa shape index (κ2) is 7.73. The van der Waals surface area contributed by atoms with E-state index < -0.39 is 6.10 Å². The Kier molecular flexibility index (Phi) is 5.95. The van der Waals surface area contributed by atoms with Gasteiger partial charge in [0.15, 0.2) is 11.5 Å². The summed E-state index contributed by atoms with van der Waals surface area (Å²) in [5, 5.41) is 9.52. The molecule has 0 bridgehead atoms. The molecule has 22 heavy (non-hydrogen) atoms. The zero-order valence-electron chi connectivity index (χ0n) is 12.8. The summed E-state index contributed by atoms with van der Waals surface area (Å²) in [6.07, 6.45) is 3.88. The average molecular weight is 327 g/mol. The lowest BCUT2D eigenvalue weighted by Crippen LogP contribution is -2.34. The lowest BCUT2D eigenvalue weighted by molar-refractivity contribution is -0.122. The summed E-state index contributed by atoms with van der Waals surface area (Å²) in [7, 11) is 0. The minimum absolute atomic E-state index is 0.135. The Morgan fingerprint density at radius 1 is 1.36 bits per heavy atom. The molecule has 0 aliphatic heterocycles. The number of ether oxygens (including phenoxy) is 2. The van der Waals surface area contributed by atoms with Crippen molar-refractivity contribution in [3.05, 3.63) is 12.7 Å². The molecule has 3 atom stereocenters. The smallest absolute Gasteiger partial charge is 0.167 e. The van der Waals surface area contributed by atoms with Crippen LogP contribution < -0.4 is 5.73 Å². The van der Waals surface area contributed by atoms with E-state index in [4.69, 9.17) is 15.2 Å². The number of thioether (sulfide) groups is 1. The maximum Gasteiger partial charge on any atom is 0.167 e. The SMILES string of the molecule is CSCOC(C)[C@@H](CO)OC(C)n1cnc2c(N)ncnc21. The van der Waals surface area contributed by atoms with Gasteiger partial charge < -0.3 is 20.3 Å². The third kappa shape index (κ3) is 3.67. The summed E-state index contributed by atoms with van der Waals surface area (Å²) in [4.78, 5) is 12.3. The molecule has 0 saturated heterocycles. The van der Waals surface area contributed by atoms with Gasteiger partial charge in [-0.3, -0.25) is 4.57 Å². The number of rotatable bonds is 8. The van der Waals surface area contributed by atoms with E-state index in [1.807, 2.05) is 20.1 Å². The molecule has 0 saturated carbocycles. The highest BCUT2D eigenvalue weighted by atomic mass is 32.2. The first kappa shape index (κ1) is 16.9. The highest BCUT2D eigenvalue weighted by molar-refractivity contribution is 7.98. The molecule has 0 aliphatic carbocycles. The molecular weight excluding hydrogens is 306 g/mol. The molecule has 2 unspecified atom stereocenters. The topological polar surface area (TPSA) is 108 Å². The number of aliphatic hydroxyl groups excluding tert-OH is 1. The molecule has 2 heterocycles. The Labute approximate surface area is 133 Å². The summed E-state index contributed by atoms with van der Waals surface area (Å²) in [6, 6.07) is 0. The average Bonchev–Trinajstić information content (AvgIpc) is 2.95. The third-order valence-corrected chi connectivity index (χ3v) is 3.67. The van der Waals surface area contributed by atoms with Crippen LogP contribution in [0.3, 0.4) is 0 Å². The summed E-state index contributed by atoms with van der Waals surface area (Å²) in [6.45, 7) is 3.59. The van der Waals surface area contributed by atoms with Gasteiger partial charge in [-0.25, -0.2) is 15.0 Å². The van der Waals surface area contributed by atoms with Gasteiger partial charge in [-0.2, -0.15) is 0 Å². The Morgan fingerprint density at radius 2 is 2.14 bits per heavy atom. The lowest BCUT2D eigenvalue weighted by Gasteiger charge is -2.26. The fourth-order valence-corrected chi connectivity index (χ4v) is 2.39. The van der Waals surface area contributed by atoms with Crippen LogP contribution in [0.4, 0.5) is 5.82 Å². The summed E-state index contributed by atoms with van der Waals surface area (Å²) in [5.74, 6) is 0.874. The van der Waals surface area contributed by atoms with Crippen LogP contribution in [-0.2, 0) is 9.47 Å². The molecule has 0 fully saturated rings. The van der Waals surface area contributed by atoms with Crippen molar-refractivity contribution in [1.29, 1.82) is 0 Å². The van der Waals surface area contributed by atoms with Crippen molar-refractivity contribution in [1.82, 2.24) is 19.5 Å². The van der Waals surface area contributed by atoms with Crippen molar-refractivity contribution in [2.75, 3.05) is 24.5 Å². The normalized spacial score (nSPS) is 15.8. The van der Waals surface area contributed by atoms with Crippen LogP contribution in [0.15, 0.2) is 12.7 Å². The van der Waals surface area contributed by atoms with Gasteiger partial charge in [-0.15, -0.1) is 11.8 Å². The van der Waals surface area contributed by atoms with Crippen LogP contribution in [0.5, 0.6) is 0 Å². The number of imidazole rings is 1. The number of aliphatic hydroxyl groups is 1. The van der Waals surface area contributed by atoms with Crippen LogP contribution in [0.25, 0.3) is 11.2 Å². The Morgan fingerprint density at radius 3 is 2.82 bits per heavy atom. The van der Waals surface area contributed by atoms with Crippen LogP contribution in [0.1, 0.15) is 20.1 Å². The van der Waals surface area contributed by atoms with Crippen molar-refractivity contribution in [3.8, 4) is 0 Å².